The fraction of sp³-hybridized carbons (Fsp3) is 0.500. The van der Waals surface area contributed by atoms with E-state index in [-0.39, 0.29) is 30.9 Å². The second kappa shape index (κ2) is 9.29. The average Bonchev–Trinajstić information content (AvgIpc) is 2.43. The fourth-order valence-electron chi connectivity index (χ4n) is 2.26. The first-order valence-corrected chi connectivity index (χ1v) is 7.72. The number of hydrogen-bond donors (Lipinski definition) is 2. The highest BCUT2D eigenvalue weighted by molar-refractivity contribution is 7.99. The van der Waals surface area contributed by atoms with Gasteiger partial charge in [-0.05, 0) is 19.1 Å². The van der Waals surface area contributed by atoms with E-state index in [9.17, 15) is 13.6 Å². The molecule has 124 valence electrons. The molecule has 0 aliphatic carbocycles. The summed E-state index contributed by atoms with van der Waals surface area (Å²) in [5.74, 6) is -2.68. The zero-order chi connectivity index (χ0) is 15.2. The summed E-state index contributed by atoms with van der Waals surface area (Å²) < 4.78 is 25.0. The van der Waals surface area contributed by atoms with Gasteiger partial charge in [0.25, 0.3) is 5.76 Å². The number of thioether (sulfide) groups is 1. The number of amides is 1. The van der Waals surface area contributed by atoms with Gasteiger partial charge < -0.3 is 10.6 Å². The van der Waals surface area contributed by atoms with E-state index in [1.54, 1.807) is 24.3 Å². The van der Waals surface area contributed by atoms with Gasteiger partial charge in [-0.15, -0.1) is 12.4 Å². The Morgan fingerprint density at radius 1 is 1.50 bits per heavy atom. The maximum atomic E-state index is 12.5. The third kappa shape index (κ3) is 5.72. The maximum absolute atomic E-state index is 12.5. The van der Waals surface area contributed by atoms with Gasteiger partial charge in [0, 0.05) is 30.6 Å². The molecule has 0 radical (unpaired) electrons. The molecule has 2 rings (SSSR count). The molecule has 1 aliphatic rings. The van der Waals surface area contributed by atoms with Crippen molar-refractivity contribution >= 4 is 35.8 Å². The zero-order valence-electron chi connectivity index (χ0n) is 12.2. The molecule has 1 heterocycles. The van der Waals surface area contributed by atoms with E-state index in [0.29, 0.717) is 22.3 Å². The first-order chi connectivity index (χ1) is 10.1. The standard InChI is InChI=1S/C14H19F2N3OS.ClH/c1-10-8-17-6-7-19(10)9-13(20)18-11-4-2-3-5-12(11)21-14(15)16;/h2-5,10,14,17H,6-9H2,1H3,(H,18,20);1H/t10-;/m0./s1. The SMILES string of the molecule is C[C@H]1CNCCN1CC(=O)Nc1ccccc1SC(F)F.Cl. The third-order valence-electron chi connectivity index (χ3n) is 3.36. The highest BCUT2D eigenvalue weighted by Crippen LogP contribution is 2.31. The largest absolute Gasteiger partial charge is 0.324 e. The molecule has 2 N–H and O–H groups in total. The van der Waals surface area contributed by atoms with Crippen LogP contribution in [0, 0.1) is 0 Å². The number of para-hydroxylation sites is 1. The fourth-order valence-corrected chi connectivity index (χ4v) is 2.86. The van der Waals surface area contributed by atoms with Crippen LogP contribution in [0.5, 0.6) is 0 Å². The smallest absolute Gasteiger partial charge is 0.288 e. The molecule has 8 heteroatoms. The van der Waals surface area contributed by atoms with E-state index in [1.807, 2.05) is 0 Å². The topological polar surface area (TPSA) is 44.4 Å². The normalized spacial score (nSPS) is 18.8. The van der Waals surface area contributed by atoms with Crippen molar-refractivity contribution < 1.29 is 13.6 Å². The van der Waals surface area contributed by atoms with Crippen LogP contribution >= 0.6 is 24.2 Å². The molecule has 1 aromatic carbocycles. The van der Waals surface area contributed by atoms with E-state index in [0.717, 1.165) is 19.6 Å². The van der Waals surface area contributed by atoms with Crippen molar-refractivity contribution in [3.05, 3.63) is 24.3 Å². The zero-order valence-corrected chi connectivity index (χ0v) is 13.9. The van der Waals surface area contributed by atoms with Gasteiger partial charge >= 0.3 is 0 Å². The van der Waals surface area contributed by atoms with E-state index in [1.165, 1.54) is 0 Å². The molecule has 0 bridgehead atoms. The van der Waals surface area contributed by atoms with Gasteiger partial charge in [-0.2, -0.15) is 8.78 Å². The number of nitrogens with one attached hydrogen (secondary N) is 2. The van der Waals surface area contributed by atoms with E-state index >= 15 is 0 Å². The molecule has 22 heavy (non-hydrogen) atoms. The number of anilines is 1. The number of piperazine rings is 1. The average molecular weight is 352 g/mol. The number of carbonyl (C=O) groups is 1. The summed E-state index contributed by atoms with van der Waals surface area (Å²) in [4.78, 5) is 14.6. The van der Waals surface area contributed by atoms with Crippen molar-refractivity contribution in [3.8, 4) is 0 Å². The van der Waals surface area contributed by atoms with Crippen LogP contribution in [0.4, 0.5) is 14.5 Å². The van der Waals surface area contributed by atoms with Crippen LogP contribution in [0.1, 0.15) is 6.92 Å². The van der Waals surface area contributed by atoms with Gasteiger partial charge in [0.05, 0.1) is 12.2 Å². The van der Waals surface area contributed by atoms with Crippen LogP contribution < -0.4 is 10.6 Å². The lowest BCUT2D eigenvalue weighted by Gasteiger charge is -2.33. The second-order valence-corrected chi connectivity index (χ2v) is 5.98. The Balaban J connectivity index is 0.00000242. The van der Waals surface area contributed by atoms with Crippen molar-refractivity contribution in [2.75, 3.05) is 31.5 Å². The Labute approximate surface area is 139 Å². The van der Waals surface area contributed by atoms with Gasteiger partial charge in [-0.1, -0.05) is 23.9 Å². The minimum atomic E-state index is -2.50. The monoisotopic (exact) mass is 351 g/mol. The van der Waals surface area contributed by atoms with E-state index in [4.69, 9.17) is 0 Å². The molecule has 0 aromatic heterocycles. The van der Waals surface area contributed by atoms with Crippen LogP contribution in [0.3, 0.4) is 0 Å². The van der Waals surface area contributed by atoms with Crippen molar-refractivity contribution in [2.24, 2.45) is 0 Å². The molecule has 1 atom stereocenters. The predicted molar refractivity (Wildman–Crippen MR) is 88.1 cm³/mol. The maximum Gasteiger partial charge on any atom is 0.288 e. The summed E-state index contributed by atoms with van der Waals surface area (Å²) in [6.07, 6.45) is 0. The summed E-state index contributed by atoms with van der Waals surface area (Å²) >= 11 is 0.442. The van der Waals surface area contributed by atoms with Gasteiger partial charge in [0.15, 0.2) is 0 Å². The predicted octanol–water partition coefficient (Wildman–Crippen LogP) is 2.66. The number of rotatable bonds is 5. The summed E-state index contributed by atoms with van der Waals surface area (Å²) in [5.41, 5.74) is 0.440. The Hall–Kier alpha value is -0.890. The van der Waals surface area contributed by atoms with Gasteiger partial charge in [0.2, 0.25) is 5.91 Å². The lowest BCUT2D eigenvalue weighted by Crippen LogP contribution is -2.52. The van der Waals surface area contributed by atoms with Gasteiger partial charge in [0.1, 0.15) is 0 Å². The van der Waals surface area contributed by atoms with Crippen molar-refractivity contribution in [3.63, 3.8) is 0 Å². The summed E-state index contributed by atoms with van der Waals surface area (Å²) in [5, 5.41) is 5.99. The molecule has 1 aliphatic heterocycles. The lowest BCUT2D eigenvalue weighted by atomic mass is 10.2. The molecular weight excluding hydrogens is 332 g/mol. The van der Waals surface area contributed by atoms with Crippen LogP contribution in [-0.4, -0.2) is 48.8 Å². The first kappa shape index (κ1) is 19.2. The number of benzene rings is 1. The Kier molecular flexibility index (Phi) is 8.09. The van der Waals surface area contributed by atoms with Crippen LogP contribution in [0.25, 0.3) is 0 Å². The van der Waals surface area contributed by atoms with Gasteiger partial charge in [-0.25, -0.2) is 0 Å². The van der Waals surface area contributed by atoms with E-state index in [2.05, 4.69) is 22.5 Å². The molecule has 1 amide bonds. The highest BCUT2D eigenvalue weighted by Gasteiger charge is 2.20. The van der Waals surface area contributed by atoms with Crippen molar-refractivity contribution in [1.82, 2.24) is 10.2 Å². The summed E-state index contributed by atoms with van der Waals surface area (Å²) in [6, 6.07) is 6.91. The quantitative estimate of drug-likeness (QED) is 0.800. The molecule has 0 saturated carbocycles. The molecule has 0 spiro atoms. The van der Waals surface area contributed by atoms with Crippen LogP contribution in [0.2, 0.25) is 0 Å². The first-order valence-electron chi connectivity index (χ1n) is 6.84. The Morgan fingerprint density at radius 3 is 2.91 bits per heavy atom. The second-order valence-electron chi connectivity index (χ2n) is 4.95. The molecule has 1 aromatic rings. The van der Waals surface area contributed by atoms with E-state index < -0.39 is 5.76 Å². The molecule has 4 nitrogen and oxygen atoms in total. The Morgan fingerprint density at radius 2 is 2.23 bits per heavy atom. The summed E-state index contributed by atoms with van der Waals surface area (Å²) in [6.45, 7) is 4.85. The van der Waals surface area contributed by atoms with Crippen LogP contribution in [0.15, 0.2) is 29.2 Å². The minimum Gasteiger partial charge on any atom is -0.324 e. The van der Waals surface area contributed by atoms with Crippen molar-refractivity contribution in [1.29, 1.82) is 0 Å². The van der Waals surface area contributed by atoms with Crippen LogP contribution in [-0.2, 0) is 4.79 Å². The third-order valence-corrected chi connectivity index (χ3v) is 4.15. The molecule has 1 saturated heterocycles. The number of carbonyl (C=O) groups excluding carboxylic acids is 1. The van der Waals surface area contributed by atoms with Gasteiger partial charge in [-0.3, -0.25) is 9.69 Å². The molecule has 0 unspecified atom stereocenters. The number of hydrogen-bond acceptors (Lipinski definition) is 4. The minimum absolute atomic E-state index is 0. The molecule has 1 fully saturated rings. The molecular formula is C14H20ClF2N3OS. The number of nitrogens with zero attached hydrogens (tertiary/aromatic N) is 1. The number of alkyl halides is 2. The van der Waals surface area contributed by atoms with Crippen molar-refractivity contribution in [2.45, 2.75) is 23.6 Å². The summed E-state index contributed by atoms with van der Waals surface area (Å²) in [7, 11) is 0. The number of halogens is 3. The Bertz CT molecular complexity index is 493. The highest BCUT2D eigenvalue weighted by atomic mass is 35.5. The lowest BCUT2D eigenvalue weighted by molar-refractivity contribution is -0.118.